The van der Waals surface area contributed by atoms with Crippen LogP contribution in [0.4, 0.5) is 0 Å². The molecule has 1 N–H and O–H groups in total. The van der Waals surface area contributed by atoms with Gasteiger partial charge in [0, 0.05) is 18.9 Å². The molecule has 4 aromatic rings. The highest BCUT2D eigenvalue weighted by Crippen LogP contribution is 2.26. The number of pyridine rings is 1. The van der Waals surface area contributed by atoms with Gasteiger partial charge in [-0.2, -0.15) is 0 Å². The monoisotopic (exact) mass is 390 g/mol. The second kappa shape index (κ2) is 8.10. The summed E-state index contributed by atoms with van der Waals surface area (Å²) in [7, 11) is 0. The maximum Gasteiger partial charge on any atom is 0.263 e. The fraction of sp³-hybridized carbons (Fsp3) is 0.150. The van der Waals surface area contributed by atoms with Gasteiger partial charge >= 0.3 is 0 Å². The Morgan fingerprint density at radius 1 is 1.14 bits per heavy atom. The van der Waals surface area contributed by atoms with Crippen LogP contribution in [0.25, 0.3) is 10.7 Å². The van der Waals surface area contributed by atoms with E-state index in [0.717, 1.165) is 11.1 Å². The highest BCUT2D eigenvalue weighted by Gasteiger charge is 2.18. The van der Waals surface area contributed by atoms with Crippen molar-refractivity contribution in [2.24, 2.45) is 0 Å². The number of rotatable bonds is 6. The zero-order valence-electron chi connectivity index (χ0n) is 15.2. The Hall–Kier alpha value is -3.39. The molecule has 0 aliphatic heterocycles. The lowest BCUT2D eigenvalue weighted by Crippen LogP contribution is -2.22. The van der Waals surface area contributed by atoms with Gasteiger partial charge in [-0.1, -0.05) is 41.6 Å². The average Bonchev–Trinajstić information content (AvgIpc) is 3.34. The predicted octanol–water partition coefficient (Wildman–Crippen LogP) is 3.08. The van der Waals surface area contributed by atoms with Gasteiger partial charge in [-0.3, -0.25) is 9.78 Å². The molecule has 0 aliphatic carbocycles. The van der Waals surface area contributed by atoms with Crippen molar-refractivity contribution in [3.63, 3.8) is 0 Å². The molecule has 0 atom stereocenters. The van der Waals surface area contributed by atoms with Crippen LogP contribution in [-0.2, 0) is 13.1 Å². The van der Waals surface area contributed by atoms with E-state index in [1.54, 1.807) is 17.1 Å². The number of carbonyl (C=O) groups excluding carboxylic acids is 1. The summed E-state index contributed by atoms with van der Waals surface area (Å²) in [4.78, 5) is 21.7. The minimum Gasteiger partial charge on any atom is -0.347 e. The lowest BCUT2D eigenvalue weighted by atomic mass is 10.2. The third kappa shape index (κ3) is 4.12. The van der Waals surface area contributed by atoms with Gasteiger partial charge in [0.1, 0.15) is 15.6 Å². The molecule has 3 heterocycles. The van der Waals surface area contributed by atoms with Crippen molar-refractivity contribution < 1.29 is 4.79 Å². The Kier molecular flexibility index (Phi) is 5.20. The summed E-state index contributed by atoms with van der Waals surface area (Å²) in [6.07, 6.45) is 5.29. The maximum atomic E-state index is 12.5. The fourth-order valence-corrected chi connectivity index (χ4v) is 3.66. The Bertz CT molecular complexity index is 1070. The number of aromatic nitrogens is 5. The largest absolute Gasteiger partial charge is 0.347 e. The fourth-order valence-electron chi connectivity index (χ4n) is 2.73. The van der Waals surface area contributed by atoms with Crippen LogP contribution < -0.4 is 5.32 Å². The third-order valence-corrected chi connectivity index (χ3v) is 5.30. The van der Waals surface area contributed by atoms with Gasteiger partial charge < -0.3 is 5.32 Å². The first kappa shape index (κ1) is 18.0. The highest BCUT2D eigenvalue weighted by molar-refractivity contribution is 7.17. The van der Waals surface area contributed by atoms with Crippen LogP contribution in [-0.4, -0.2) is 30.9 Å². The van der Waals surface area contributed by atoms with Gasteiger partial charge in [-0.05, 0) is 24.1 Å². The smallest absolute Gasteiger partial charge is 0.263 e. The van der Waals surface area contributed by atoms with Crippen molar-refractivity contribution in [3.8, 4) is 10.7 Å². The number of nitrogens with zero attached hydrogens (tertiary/aromatic N) is 5. The van der Waals surface area contributed by atoms with E-state index in [1.807, 2.05) is 55.6 Å². The number of aryl methyl sites for hydroxylation is 1. The SMILES string of the molecule is Cc1nc(-c2cn(Cc3ccccc3)nn2)sc1C(=O)NCc1cccnc1. The van der Waals surface area contributed by atoms with Crippen molar-refractivity contribution in [2.75, 3.05) is 0 Å². The molecule has 4 rings (SSSR count). The minimum absolute atomic E-state index is 0.151. The molecular formula is C20H18N6OS. The molecule has 0 saturated heterocycles. The summed E-state index contributed by atoms with van der Waals surface area (Å²) in [5.41, 5.74) is 3.43. The summed E-state index contributed by atoms with van der Waals surface area (Å²) in [5.74, 6) is -0.151. The molecule has 140 valence electrons. The Labute approximate surface area is 166 Å². The van der Waals surface area contributed by atoms with E-state index in [-0.39, 0.29) is 5.91 Å². The number of hydrogen-bond acceptors (Lipinski definition) is 6. The van der Waals surface area contributed by atoms with E-state index in [4.69, 9.17) is 0 Å². The summed E-state index contributed by atoms with van der Waals surface area (Å²) in [5, 5.41) is 12.0. The lowest BCUT2D eigenvalue weighted by molar-refractivity contribution is 0.0954. The number of amides is 1. The average molecular weight is 390 g/mol. The molecule has 8 heteroatoms. The summed E-state index contributed by atoms with van der Waals surface area (Å²) in [6, 6.07) is 13.8. The molecule has 3 aromatic heterocycles. The van der Waals surface area contributed by atoms with Crippen molar-refractivity contribution in [2.45, 2.75) is 20.0 Å². The number of nitrogens with one attached hydrogen (secondary N) is 1. The molecular weight excluding hydrogens is 372 g/mol. The molecule has 0 aliphatic rings. The van der Waals surface area contributed by atoms with Crippen molar-refractivity contribution >= 4 is 17.2 Å². The number of thiazole rings is 1. The molecule has 0 bridgehead atoms. The molecule has 1 amide bonds. The molecule has 0 saturated carbocycles. The maximum absolute atomic E-state index is 12.5. The van der Waals surface area contributed by atoms with Crippen LogP contribution in [0.1, 0.15) is 26.5 Å². The Balaban J connectivity index is 1.46. The molecule has 0 radical (unpaired) electrons. The van der Waals surface area contributed by atoms with Crippen LogP contribution in [0.15, 0.2) is 61.1 Å². The minimum atomic E-state index is -0.151. The van der Waals surface area contributed by atoms with Crippen molar-refractivity contribution in [1.29, 1.82) is 0 Å². The number of hydrogen-bond donors (Lipinski definition) is 1. The Morgan fingerprint density at radius 2 is 1.96 bits per heavy atom. The molecule has 28 heavy (non-hydrogen) atoms. The van der Waals surface area contributed by atoms with E-state index in [2.05, 4.69) is 25.6 Å². The number of carbonyl (C=O) groups is 1. The number of benzene rings is 1. The van der Waals surface area contributed by atoms with Crippen LogP contribution in [0.5, 0.6) is 0 Å². The van der Waals surface area contributed by atoms with Gasteiger partial charge in [-0.15, -0.1) is 16.4 Å². The zero-order chi connectivity index (χ0) is 19.3. The first-order chi connectivity index (χ1) is 13.7. The van der Waals surface area contributed by atoms with Gasteiger partial charge in [0.05, 0.1) is 18.4 Å². The molecule has 0 spiro atoms. The topological polar surface area (TPSA) is 85.6 Å². The van der Waals surface area contributed by atoms with E-state index in [9.17, 15) is 4.79 Å². The molecule has 1 aromatic carbocycles. The predicted molar refractivity (Wildman–Crippen MR) is 107 cm³/mol. The lowest BCUT2D eigenvalue weighted by Gasteiger charge is -2.03. The van der Waals surface area contributed by atoms with Crippen LogP contribution >= 0.6 is 11.3 Å². The van der Waals surface area contributed by atoms with Crippen LogP contribution in [0.3, 0.4) is 0 Å². The standard InChI is InChI=1S/C20H18N6OS/c1-14-18(19(27)22-11-16-8-5-9-21-10-16)28-20(23-14)17-13-26(25-24-17)12-15-6-3-2-4-7-15/h2-10,13H,11-12H2,1H3,(H,22,27). The first-order valence-electron chi connectivity index (χ1n) is 8.78. The Morgan fingerprint density at radius 3 is 2.75 bits per heavy atom. The normalized spacial score (nSPS) is 10.8. The summed E-state index contributed by atoms with van der Waals surface area (Å²) in [6.45, 7) is 2.89. The summed E-state index contributed by atoms with van der Waals surface area (Å²) >= 11 is 1.32. The quantitative estimate of drug-likeness (QED) is 0.547. The highest BCUT2D eigenvalue weighted by atomic mass is 32.1. The second-order valence-corrected chi connectivity index (χ2v) is 7.26. The van der Waals surface area contributed by atoms with E-state index in [0.29, 0.717) is 34.4 Å². The molecule has 7 nitrogen and oxygen atoms in total. The van der Waals surface area contributed by atoms with E-state index in [1.165, 1.54) is 11.3 Å². The molecule has 0 fully saturated rings. The van der Waals surface area contributed by atoms with Gasteiger partial charge in [0.2, 0.25) is 0 Å². The van der Waals surface area contributed by atoms with Crippen molar-refractivity contribution in [1.82, 2.24) is 30.3 Å². The summed E-state index contributed by atoms with van der Waals surface area (Å²) < 4.78 is 1.77. The van der Waals surface area contributed by atoms with Gasteiger partial charge in [0.15, 0.2) is 0 Å². The second-order valence-electron chi connectivity index (χ2n) is 6.26. The van der Waals surface area contributed by atoms with Crippen LogP contribution in [0, 0.1) is 6.92 Å². The third-order valence-electron chi connectivity index (χ3n) is 4.12. The molecule has 0 unspecified atom stereocenters. The van der Waals surface area contributed by atoms with E-state index >= 15 is 0 Å². The van der Waals surface area contributed by atoms with Crippen molar-refractivity contribution in [3.05, 3.63) is 82.8 Å². The first-order valence-corrected chi connectivity index (χ1v) is 9.59. The zero-order valence-corrected chi connectivity index (χ0v) is 16.1. The van der Waals surface area contributed by atoms with E-state index < -0.39 is 0 Å². The van der Waals surface area contributed by atoms with Gasteiger partial charge in [-0.25, -0.2) is 9.67 Å². The van der Waals surface area contributed by atoms with Gasteiger partial charge in [0.25, 0.3) is 5.91 Å². The van der Waals surface area contributed by atoms with Crippen LogP contribution in [0.2, 0.25) is 0 Å².